The average molecular weight is 245 g/mol. The van der Waals surface area contributed by atoms with Crippen molar-refractivity contribution in [3.8, 4) is 0 Å². The van der Waals surface area contributed by atoms with Crippen LogP contribution in [0, 0.1) is 0 Å². The fraction of sp³-hybridized carbons (Fsp3) is 0.818. The molecule has 4 nitrogen and oxygen atoms in total. The number of hydrogen-bond donors (Lipinski definition) is 2. The molecule has 0 saturated carbocycles. The van der Waals surface area contributed by atoms with Gasteiger partial charge in [0.15, 0.2) is 0 Å². The highest BCUT2D eigenvalue weighted by molar-refractivity contribution is 8.00. The molecule has 1 aliphatic rings. The molecule has 2 atom stereocenters. The number of thioether (sulfide) groups is 1. The summed E-state index contributed by atoms with van der Waals surface area (Å²) in [7, 11) is 0. The Labute approximate surface area is 100 Å². The summed E-state index contributed by atoms with van der Waals surface area (Å²) in [6.07, 6.45) is 3.62. The average Bonchev–Trinajstić information content (AvgIpc) is 2.69. The molecule has 1 amide bonds. The Morgan fingerprint density at radius 3 is 2.88 bits per heavy atom. The molecular weight excluding hydrogens is 226 g/mol. The number of carboxylic acids is 1. The summed E-state index contributed by atoms with van der Waals surface area (Å²) in [4.78, 5) is 22.0. The second-order valence-corrected chi connectivity index (χ2v) is 5.51. The fourth-order valence-corrected chi connectivity index (χ4v) is 2.92. The molecule has 1 saturated heterocycles. The molecular formula is C11H19NO3S. The molecule has 0 aromatic heterocycles. The van der Waals surface area contributed by atoms with Gasteiger partial charge in [-0.25, -0.2) is 0 Å². The molecule has 16 heavy (non-hydrogen) atoms. The van der Waals surface area contributed by atoms with Crippen LogP contribution >= 0.6 is 11.8 Å². The van der Waals surface area contributed by atoms with E-state index in [-0.39, 0.29) is 23.6 Å². The molecule has 0 aliphatic carbocycles. The maximum atomic E-state index is 11.7. The third-order valence-electron chi connectivity index (χ3n) is 2.64. The van der Waals surface area contributed by atoms with Crippen LogP contribution in [0.4, 0.5) is 0 Å². The zero-order valence-electron chi connectivity index (χ0n) is 9.57. The number of nitrogens with one attached hydrogen (secondary N) is 1. The van der Waals surface area contributed by atoms with Gasteiger partial charge in [-0.1, -0.05) is 0 Å². The van der Waals surface area contributed by atoms with E-state index >= 15 is 0 Å². The van der Waals surface area contributed by atoms with E-state index in [0.717, 1.165) is 25.0 Å². The van der Waals surface area contributed by atoms with Gasteiger partial charge < -0.3 is 10.4 Å². The Kier molecular flexibility index (Phi) is 5.66. The maximum Gasteiger partial charge on any atom is 0.303 e. The molecule has 2 unspecified atom stereocenters. The van der Waals surface area contributed by atoms with Crippen molar-refractivity contribution in [3.05, 3.63) is 0 Å². The van der Waals surface area contributed by atoms with E-state index < -0.39 is 5.97 Å². The molecule has 0 aromatic rings. The lowest BCUT2D eigenvalue weighted by Crippen LogP contribution is -2.37. The topological polar surface area (TPSA) is 66.4 Å². The first-order valence-electron chi connectivity index (χ1n) is 5.73. The molecule has 0 bridgehead atoms. The van der Waals surface area contributed by atoms with Crippen molar-refractivity contribution in [1.29, 1.82) is 0 Å². The highest BCUT2D eigenvalue weighted by atomic mass is 32.2. The number of rotatable bonds is 6. The van der Waals surface area contributed by atoms with Gasteiger partial charge in [0.25, 0.3) is 0 Å². The van der Waals surface area contributed by atoms with Crippen LogP contribution in [0.2, 0.25) is 0 Å². The summed E-state index contributed by atoms with van der Waals surface area (Å²) in [5.74, 6) is 0.418. The maximum absolute atomic E-state index is 11.7. The van der Waals surface area contributed by atoms with Gasteiger partial charge in [0, 0.05) is 12.5 Å². The zero-order valence-corrected chi connectivity index (χ0v) is 10.4. The van der Waals surface area contributed by atoms with Crippen LogP contribution in [0.3, 0.4) is 0 Å². The van der Waals surface area contributed by atoms with Crippen LogP contribution in [0.25, 0.3) is 0 Å². The Balaban J connectivity index is 2.14. The van der Waals surface area contributed by atoms with Gasteiger partial charge in [-0.05, 0) is 38.4 Å². The molecule has 2 N–H and O–H groups in total. The number of hydrogen-bond acceptors (Lipinski definition) is 3. The normalized spacial score (nSPS) is 21.7. The first-order chi connectivity index (χ1) is 7.59. The second-order valence-electron chi connectivity index (χ2n) is 4.20. The van der Waals surface area contributed by atoms with Crippen LogP contribution in [0.5, 0.6) is 0 Å². The van der Waals surface area contributed by atoms with Gasteiger partial charge in [-0.15, -0.1) is 11.8 Å². The van der Waals surface area contributed by atoms with E-state index in [1.807, 2.05) is 6.92 Å². The van der Waals surface area contributed by atoms with Gasteiger partial charge in [0.05, 0.1) is 5.25 Å². The first-order valence-corrected chi connectivity index (χ1v) is 6.78. The lowest BCUT2D eigenvalue weighted by Gasteiger charge is -2.16. The van der Waals surface area contributed by atoms with Gasteiger partial charge in [-0.3, -0.25) is 9.59 Å². The lowest BCUT2D eigenvalue weighted by atomic mass is 10.1. The van der Waals surface area contributed by atoms with E-state index in [2.05, 4.69) is 5.32 Å². The predicted molar refractivity (Wildman–Crippen MR) is 64.6 cm³/mol. The Hall–Kier alpha value is -0.710. The van der Waals surface area contributed by atoms with Crippen LogP contribution < -0.4 is 5.32 Å². The van der Waals surface area contributed by atoms with Crippen molar-refractivity contribution in [3.63, 3.8) is 0 Å². The number of aliphatic carboxylic acids is 1. The van der Waals surface area contributed by atoms with E-state index in [9.17, 15) is 9.59 Å². The van der Waals surface area contributed by atoms with Crippen molar-refractivity contribution >= 4 is 23.6 Å². The van der Waals surface area contributed by atoms with Crippen LogP contribution in [-0.4, -0.2) is 34.0 Å². The highest BCUT2D eigenvalue weighted by Gasteiger charge is 2.24. The number of carboxylic acid groups (broad SMARTS) is 1. The SMILES string of the molecule is CC(CCCC(=O)O)NC(=O)C1CCCS1. The largest absolute Gasteiger partial charge is 0.481 e. The van der Waals surface area contributed by atoms with Crippen molar-refractivity contribution in [2.45, 2.75) is 50.3 Å². The summed E-state index contributed by atoms with van der Waals surface area (Å²) in [6.45, 7) is 1.93. The minimum absolute atomic E-state index is 0.0769. The van der Waals surface area contributed by atoms with Crippen LogP contribution in [0.15, 0.2) is 0 Å². The smallest absolute Gasteiger partial charge is 0.303 e. The standard InChI is InChI=1S/C11H19NO3S/c1-8(4-2-6-10(13)14)12-11(15)9-5-3-7-16-9/h8-9H,2-7H2,1H3,(H,12,15)(H,13,14). The van der Waals surface area contributed by atoms with Crippen molar-refractivity contribution in [2.75, 3.05) is 5.75 Å². The Morgan fingerprint density at radius 1 is 1.56 bits per heavy atom. The van der Waals surface area contributed by atoms with Crippen LogP contribution in [-0.2, 0) is 9.59 Å². The minimum Gasteiger partial charge on any atom is -0.481 e. The molecule has 0 aromatic carbocycles. The monoisotopic (exact) mass is 245 g/mol. The van der Waals surface area contributed by atoms with Gasteiger partial charge in [0.2, 0.25) is 5.91 Å². The van der Waals surface area contributed by atoms with E-state index in [1.165, 1.54) is 0 Å². The predicted octanol–water partition coefficient (Wildman–Crippen LogP) is 1.64. The molecule has 1 rings (SSSR count). The van der Waals surface area contributed by atoms with Gasteiger partial charge in [0.1, 0.15) is 0 Å². The third-order valence-corrected chi connectivity index (χ3v) is 4.02. The summed E-state index contributed by atoms with van der Waals surface area (Å²) < 4.78 is 0. The third kappa shape index (κ3) is 4.88. The molecule has 1 aliphatic heterocycles. The molecule has 1 fully saturated rings. The fourth-order valence-electron chi connectivity index (χ4n) is 1.75. The van der Waals surface area contributed by atoms with Gasteiger partial charge >= 0.3 is 5.97 Å². The minimum atomic E-state index is -0.773. The molecule has 0 radical (unpaired) electrons. The van der Waals surface area contributed by atoms with E-state index in [0.29, 0.717) is 6.42 Å². The number of carbonyl (C=O) groups excluding carboxylic acids is 1. The molecule has 92 valence electrons. The quantitative estimate of drug-likeness (QED) is 0.746. The molecule has 1 heterocycles. The zero-order chi connectivity index (χ0) is 12.0. The summed E-state index contributed by atoms with van der Waals surface area (Å²) in [5, 5.41) is 11.5. The Bertz CT molecular complexity index is 252. The summed E-state index contributed by atoms with van der Waals surface area (Å²) >= 11 is 1.72. The summed E-state index contributed by atoms with van der Waals surface area (Å²) in [5.41, 5.74) is 0. The molecule has 5 heteroatoms. The second kappa shape index (κ2) is 6.78. The highest BCUT2D eigenvalue weighted by Crippen LogP contribution is 2.26. The van der Waals surface area contributed by atoms with Crippen LogP contribution in [0.1, 0.15) is 39.0 Å². The number of amides is 1. The summed E-state index contributed by atoms with van der Waals surface area (Å²) in [6, 6.07) is 0.0769. The lowest BCUT2D eigenvalue weighted by molar-refractivity contribution is -0.137. The van der Waals surface area contributed by atoms with Gasteiger partial charge in [-0.2, -0.15) is 0 Å². The van der Waals surface area contributed by atoms with E-state index in [4.69, 9.17) is 5.11 Å². The first kappa shape index (κ1) is 13.4. The number of carbonyl (C=O) groups is 2. The van der Waals surface area contributed by atoms with Crippen molar-refractivity contribution in [1.82, 2.24) is 5.32 Å². The van der Waals surface area contributed by atoms with Crippen molar-refractivity contribution < 1.29 is 14.7 Å². The van der Waals surface area contributed by atoms with E-state index in [1.54, 1.807) is 11.8 Å². The Morgan fingerprint density at radius 2 is 2.31 bits per heavy atom. The van der Waals surface area contributed by atoms with Crippen molar-refractivity contribution in [2.24, 2.45) is 0 Å². The molecule has 0 spiro atoms.